The van der Waals surface area contributed by atoms with Crippen molar-refractivity contribution in [2.24, 2.45) is 11.8 Å². The fraction of sp³-hybridized carbons (Fsp3) is 1.00. The van der Waals surface area contributed by atoms with Gasteiger partial charge in [-0.05, 0) is 38.1 Å². The van der Waals surface area contributed by atoms with Crippen molar-refractivity contribution in [3.63, 3.8) is 0 Å². The molecule has 15 heavy (non-hydrogen) atoms. The highest BCUT2D eigenvalue weighted by molar-refractivity contribution is 4.76. The summed E-state index contributed by atoms with van der Waals surface area (Å²) < 4.78 is 0. The highest BCUT2D eigenvalue weighted by Gasteiger charge is 2.19. The first-order chi connectivity index (χ1) is 7.19. The van der Waals surface area contributed by atoms with Crippen LogP contribution in [0, 0.1) is 11.8 Å². The van der Waals surface area contributed by atoms with Crippen molar-refractivity contribution in [1.82, 2.24) is 5.32 Å². The van der Waals surface area contributed by atoms with Crippen LogP contribution >= 0.6 is 0 Å². The van der Waals surface area contributed by atoms with Crippen LogP contribution in [0.2, 0.25) is 0 Å². The van der Waals surface area contributed by atoms with Gasteiger partial charge in [-0.1, -0.05) is 47.0 Å². The fourth-order valence-corrected chi connectivity index (χ4v) is 2.43. The molecule has 0 rings (SSSR count). The Labute approximate surface area is 97.0 Å². The van der Waals surface area contributed by atoms with Gasteiger partial charge in [0.25, 0.3) is 0 Å². The van der Waals surface area contributed by atoms with Gasteiger partial charge in [0.15, 0.2) is 0 Å². The molecule has 0 spiro atoms. The molecule has 0 fully saturated rings. The van der Waals surface area contributed by atoms with E-state index < -0.39 is 0 Å². The zero-order chi connectivity index (χ0) is 11.7. The highest BCUT2D eigenvalue weighted by Crippen LogP contribution is 2.23. The van der Waals surface area contributed by atoms with Gasteiger partial charge in [0.2, 0.25) is 0 Å². The van der Waals surface area contributed by atoms with Gasteiger partial charge in [0.1, 0.15) is 0 Å². The van der Waals surface area contributed by atoms with E-state index in [1.165, 1.54) is 38.5 Å². The molecule has 0 aromatic carbocycles. The van der Waals surface area contributed by atoms with Gasteiger partial charge in [-0.15, -0.1) is 0 Å². The molecule has 0 aliphatic rings. The summed E-state index contributed by atoms with van der Waals surface area (Å²) in [5.74, 6) is 1.75. The Kier molecular flexibility index (Phi) is 9.18. The zero-order valence-corrected chi connectivity index (χ0v) is 11.5. The largest absolute Gasteiger partial charge is 0.317 e. The lowest BCUT2D eigenvalue weighted by Crippen LogP contribution is -2.35. The number of nitrogens with one attached hydrogen (secondary N) is 1. The topological polar surface area (TPSA) is 12.0 Å². The van der Waals surface area contributed by atoms with E-state index in [2.05, 4.69) is 40.1 Å². The van der Waals surface area contributed by atoms with Crippen LogP contribution in [0.5, 0.6) is 0 Å². The first-order valence-corrected chi connectivity index (χ1v) is 6.86. The van der Waals surface area contributed by atoms with Gasteiger partial charge in [0, 0.05) is 6.04 Å². The summed E-state index contributed by atoms with van der Waals surface area (Å²) in [7, 11) is 2.13. The van der Waals surface area contributed by atoms with Crippen LogP contribution in [0.4, 0.5) is 0 Å². The van der Waals surface area contributed by atoms with Crippen LogP contribution in [-0.4, -0.2) is 13.1 Å². The Morgan fingerprint density at radius 1 is 1.00 bits per heavy atom. The number of hydrogen-bond donors (Lipinski definition) is 1. The summed E-state index contributed by atoms with van der Waals surface area (Å²) in [6.45, 7) is 9.28. The van der Waals surface area contributed by atoms with E-state index >= 15 is 0 Å². The molecule has 2 unspecified atom stereocenters. The maximum atomic E-state index is 3.54. The third-order valence-corrected chi connectivity index (χ3v) is 3.61. The van der Waals surface area contributed by atoms with Crippen LogP contribution in [0.1, 0.15) is 66.2 Å². The molecule has 1 heteroatoms. The molecule has 0 aromatic heterocycles. The molecule has 0 aliphatic heterocycles. The fourth-order valence-electron chi connectivity index (χ4n) is 2.43. The summed E-state index contributed by atoms with van der Waals surface area (Å²) >= 11 is 0. The van der Waals surface area contributed by atoms with Crippen LogP contribution in [0.15, 0.2) is 0 Å². The molecular formula is C14H31N. The Bertz CT molecular complexity index is 127. The van der Waals surface area contributed by atoms with Crippen molar-refractivity contribution in [2.75, 3.05) is 7.05 Å². The molecule has 0 heterocycles. The van der Waals surface area contributed by atoms with Crippen LogP contribution < -0.4 is 5.32 Å². The first kappa shape index (κ1) is 15.0. The van der Waals surface area contributed by atoms with Crippen molar-refractivity contribution in [2.45, 2.75) is 72.3 Å². The van der Waals surface area contributed by atoms with E-state index in [0.29, 0.717) is 0 Å². The minimum atomic E-state index is 0.736. The van der Waals surface area contributed by atoms with E-state index in [0.717, 1.165) is 17.9 Å². The lowest BCUT2D eigenvalue weighted by molar-refractivity contribution is 0.277. The van der Waals surface area contributed by atoms with Crippen molar-refractivity contribution in [3.05, 3.63) is 0 Å². The quantitative estimate of drug-likeness (QED) is 0.604. The van der Waals surface area contributed by atoms with Crippen molar-refractivity contribution >= 4 is 0 Å². The third-order valence-electron chi connectivity index (χ3n) is 3.61. The minimum absolute atomic E-state index is 0.736. The lowest BCUT2D eigenvalue weighted by atomic mass is 9.85. The van der Waals surface area contributed by atoms with Gasteiger partial charge in [0.05, 0.1) is 0 Å². The zero-order valence-electron chi connectivity index (χ0n) is 11.5. The number of hydrogen-bond acceptors (Lipinski definition) is 1. The monoisotopic (exact) mass is 213 g/mol. The molecule has 0 radical (unpaired) electrons. The van der Waals surface area contributed by atoms with Crippen molar-refractivity contribution in [3.8, 4) is 0 Å². The van der Waals surface area contributed by atoms with Crippen LogP contribution in [0.3, 0.4) is 0 Å². The molecule has 1 N–H and O–H groups in total. The van der Waals surface area contributed by atoms with Gasteiger partial charge in [-0.25, -0.2) is 0 Å². The molecule has 0 aromatic rings. The predicted molar refractivity (Wildman–Crippen MR) is 70.2 cm³/mol. The Morgan fingerprint density at radius 2 is 1.53 bits per heavy atom. The Morgan fingerprint density at radius 3 is 1.87 bits per heavy atom. The van der Waals surface area contributed by atoms with Crippen molar-refractivity contribution in [1.29, 1.82) is 0 Å². The van der Waals surface area contributed by atoms with Gasteiger partial charge in [-0.3, -0.25) is 0 Å². The third kappa shape index (κ3) is 6.19. The molecule has 1 nitrogen and oxygen atoms in total. The van der Waals surface area contributed by atoms with Gasteiger partial charge < -0.3 is 5.32 Å². The SMILES string of the molecule is CCCC(CCC)C(CC(C)CC)NC. The summed E-state index contributed by atoms with van der Waals surface area (Å²) in [4.78, 5) is 0. The predicted octanol–water partition coefficient (Wildman–Crippen LogP) is 4.23. The first-order valence-electron chi connectivity index (χ1n) is 6.86. The second-order valence-corrected chi connectivity index (χ2v) is 4.98. The molecule has 92 valence electrons. The molecular weight excluding hydrogens is 182 g/mol. The summed E-state index contributed by atoms with van der Waals surface area (Å²) in [6, 6.07) is 0.736. The molecule has 0 saturated heterocycles. The van der Waals surface area contributed by atoms with Crippen LogP contribution in [-0.2, 0) is 0 Å². The van der Waals surface area contributed by atoms with E-state index in [9.17, 15) is 0 Å². The maximum Gasteiger partial charge on any atom is 0.00948 e. The maximum absolute atomic E-state index is 3.54. The minimum Gasteiger partial charge on any atom is -0.317 e. The number of rotatable bonds is 9. The normalized spacial score (nSPS) is 15.6. The Balaban J connectivity index is 4.16. The summed E-state index contributed by atoms with van der Waals surface area (Å²) in [5, 5.41) is 3.54. The van der Waals surface area contributed by atoms with E-state index in [4.69, 9.17) is 0 Å². The molecule has 2 atom stereocenters. The van der Waals surface area contributed by atoms with Gasteiger partial charge in [-0.2, -0.15) is 0 Å². The summed E-state index contributed by atoms with van der Waals surface area (Å²) in [6.07, 6.45) is 8.07. The Hall–Kier alpha value is -0.0400. The molecule has 0 bridgehead atoms. The highest BCUT2D eigenvalue weighted by atomic mass is 14.9. The van der Waals surface area contributed by atoms with Crippen molar-refractivity contribution < 1.29 is 0 Å². The lowest BCUT2D eigenvalue weighted by Gasteiger charge is -2.28. The van der Waals surface area contributed by atoms with E-state index in [1.807, 2.05) is 0 Å². The second kappa shape index (κ2) is 9.21. The molecule has 0 amide bonds. The van der Waals surface area contributed by atoms with E-state index in [1.54, 1.807) is 0 Å². The standard InChI is InChI=1S/C14H31N/c1-6-9-13(10-7-2)14(15-5)11-12(4)8-3/h12-15H,6-11H2,1-5H3. The summed E-state index contributed by atoms with van der Waals surface area (Å²) in [5.41, 5.74) is 0. The molecule has 0 saturated carbocycles. The van der Waals surface area contributed by atoms with E-state index in [-0.39, 0.29) is 0 Å². The average molecular weight is 213 g/mol. The van der Waals surface area contributed by atoms with Crippen LogP contribution in [0.25, 0.3) is 0 Å². The average Bonchev–Trinajstić information content (AvgIpc) is 2.25. The molecule has 0 aliphatic carbocycles. The smallest absolute Gasteiger partial charge is 0.00948 e. The second-order valence-electron chi connectivity index (χ2n) is 4.98. The van der Waals surface area contributed by atoms with Gasteiger partial charge >= 0.3 is 0 Å².